The number of cyclic esters (lactones) is 1. The molecule has 2 aromatic carbocycles. The van der Waals surface area contributed by atoms with Gasteiger partial charge in [0.15, 0.2) is 0 Å². The van der Waals surface area contributed by atoms with Gasteiger partial charge in [0.25, 0.3) is 0 Å². The molecule has 13 heteroatoms. The van der Waals surface area contributed by atoms with Crippen molar-refractivity contribution in [1.82, 2.24) is 19.9 Å². The van der Waals surface area contributed by atoms with Crippen molar-refractivity contribution in [2.75, 3.05) is 25.1 Å². The molecule has 0 radical (unpaired) electrons. The highest BCUT2D eigenvalue weighted by atomic mass is 19.4. The van der Waals surface area contributed by atoms with Crippen molar-refractivity contribution in [3.63, 3.8) is 0 Å². The predicted octanol–water partition coefficient (Wildman–Crippen LogP) is 7.23. The van der Waals surface area contributed by atoms with E-state index in [2.05, 4.69) is 16.0 Å². The summed E-state index contributed by atoms with van der Waals surface area (Å²) in [6.07, 6.45) is -4.56. The van der Waals surface area contributed by atoms with Crippen LogP contribution in [0.4, 0.5) is 32.7 Å². The number of rotatable bonds is 7. The number of aryl methyl sites for hydroxylation is 2. The molecule has 8 nitrogen and oxygen atoms in total. The first kappa shape index (κ1) is 31.2. The van der Waals surface area contributed by atoms with Gasteiger partial charge in [-0.2, -0.15) is 13.2 Å². The van der Waals surface area contributed by atoms with Crippen LogP contribution in [0.3, 0.4) is 0 Å². The number of hydrogen-bond donors (Lipinski definition) is 0. The Labute approximate surface area is 261 Å². The molecule has 2 saturated heterocycles. The molecule has 0 N–H and O–H groups in total. The van der Waals surface area contributed by atoms with Crippen molar-refractivity contribution in [1.29, 1.82) is 0 Å². The van der Waals surface area contributed by atoms with Gasteiger partial charge in [0.2, 0.25) is 11.8 Å². The van der Waals surface area contributed by atoms with Gasteiger partial charge < -0.3 is 14.4 Å². The minimum absolute atomic E-state index is 0.108. The maximum Gasteiger partial charge on any atom is 0.416 e. The van der Waals surface area contributed by atoms with E-state index in [1.54, 1.807) is 24.2 Å². The lowest BCUT2D eigenvalue weighted by atomic mass is 9.97. The van der Waals surface area contributed by atoms with Gasteiger partial charge in [0, 0.05) is 29.1 Å². The molecule has 2 aliphatic heterocycles. The Morgan fingerprint density at radius 2 is 1.76 bits per heavy atom. The SMILES string of the molecule is COc1ncc(-c2ccc(C)cc2C)cc1-c1cnc(N2CC(F)C2)nc1CN1C(=O)O[C@H](c2cc(F)cc(C(F)(F)F)c2)[C@@H]1C. The van der Waals surface area contributed by atoms with E-state index in [4.69, 9.17) is 14.5 Å². The molecule has 2 aliphatic rings. The van der Waals surface area contributed by atoms with E-state index in [1.807, 2.05) is 32.0 Å². The molecule has 2 fully saturated rings. The van der Waals surface area contributed by atoms with Gasteiger partial charge in [0.05, 0.1) is 44.0 Å². The van der Waals surface area contributed by atoms with Gasteiger partial charge in [-0.15, -0.1) is 0 Å². The van der Waals surface area contributed by atoms with Crippen LogP contribution in [-0.2, 0) is 17.5 Å². The lowest BCUT2D eigenvalue weighted by molar-refractivity contribution is -0.137. The first-order chi connectivity index (χ1) is 21.8. The first-order valence-electron chi connectivity index (χ1n) is 14.5. The highest BCUT2D eigenvalue weighted by Crippen LogP contribution is 2.40. The van der Waals surface area contributed by atoms with Crippen LogP contribution in [0.15, 0.2) is 54.9 Å². The maximum atomic E-state index is 14.3. The van der Waals surface area contributed by atoms with Crippen molar-refractivity contribution >= 4 is 12.0 Å². The van der Waals surface area contributed by atoms with Crippen LogP contribution in [0.25, 0.3) is 22.3 Å². The molecule has 4 heterocycles. The molecule has 2 atom stereocenters. The maximum absolute atomic E-state index is 14.3. The fraction of sp³-hybridized carbons (Fsp3) is 0.333. The Kier molecular flexibility index (Phi) is 8.03. The topological polar surface area (TPSA) is 80.7 Å². The Morgan fingerprint density at radius 3 is 2.43 bits per heavy atom. The third-order valence-corrected chi connectivity index (χ3v) is 8.29. The lowest BCUT2D eigenvalue weighted by Gasteiger charge is -2.34. The van der Waals surface area contributed by atoms with Gasteiger partial charge in [-0.05, 0) is 61.7 Å². The second kappa shape index (κ2) is 11.8. The quantitative estimate of drug-likeness (QED) is 0.198. The molecule has 4 aromatic rings. The number of carbonyl (C=O) groups excluding carboxylic acids is 1. The molecule has 2 aromatic heterocycles. The summed E-state index contributed by atoms with van der Waals surface area (Å²) < 4.78 is 79.4. The average molecular weight is 640 g/mol. The summed E-state index contributed by atoms with van der Waals surface area (Å²) in [5.41, 5.74) is 3.94. The molecular formula is C33H30F5N5O3. The molecule has 46 heavy (non-hydrogen) atoms. The third kappa shape index (κ3) is 5.93. The van der Waals surface area contributed by atoms with Crippen molar-refractivity contribution in [3.05, 3.63) is 88.6 Å². The normalized spacial score (nSPS) is 18.5. The highest BCUT2D eigenvalue weighted by molar-refractivity contribution is 5.79. The van der Waals surface area contributed by atoms with Crippen molar-refractivity contribution in [2.45, 2.75) is 51.8 Å². The summed E-state index contributed by atoms with van der Waals surface area (Å²) in [6, 6.07) is 9.22. The van der Waals surface area contributed by atoms with Crippen LogP contribution in [0.1, 0.15) is 41.0 Å². The minimum atomic E-state index is -4.79. The number of methoxy groups -OCH3 is 1. The number of carbonyl (C=O) groups is 1. The summed E-state index contributed by atoms with van der Waals surface area (Å²) in [5.74, 6) is -0.576. The Balaban J connectivity index is 1.40. The second-order valence-electron chi connectivity index (χ2n) is 11.6. The summed E-state index contributed by atoms with van der Waals surface area (Å²) in [5, 5.41) is 0. The van der Waals surface area contributed by atoms with Gasteiger partial charge in [0.1, 0.15) is 18.1 Å². The third-order valence-electron chi connectivity index (χ3n) is 8.29. The number of anilines is 1. The zero-order chi connectivity index (χ0) is 32.9. The van der Waals surface area contributed by atoms with Crippen LogP contribution in [0.5, 0.6) is 5.88 Å². The lowest BCUT2D eigenvalue weighted by Crippen LogP contribution is -2.49. The number of ether oxygens (including phenoxy) is 2. The van der Waals surface area contributed by atoms with Crippen molar-refractivity contribution in [2.24, 2.45) is 0 Å². The van der Waals surface area contributed by atoms with Gasteiger partial charge >= 0.3 is 12.3 Å². The van der Waals surface area contributed by atoms with Gasteiger partial charge in [-0.1, -0.05) is 23.8 Å². The smallest absolute Gasteiger partial charge is 0.416 e. The predicted molar refractivity (Wildman–Crippen MR) is 159 cm³/mol. The van der Waals surface area contributed by atoms with E-state index >= 15 is 0 Å². The molecule has 6 rings (SSSR count). The van der Waals surface area contributed by atoms with Crippen LogP contribution in [0, 0.1) is 19.7 Å². The Morgan fingerprint density at radius 1 is 1.00 bits per heavy atom. The second-order valence-corrected chi connectivity index (χ2v) is 11.6. The number of amides is 1. The standard InChI is InChI=1S/C33H30F5N5O3/c1-17-5-6-25(18(2)7-17)21-10-26(30(45-4)39-12-21)27-13-40-31(42-14-24(35)15-42)41-28(27)16-43-19(3)29(46-32(43)44)20-8-22(33(36,37)38)11-23(34)9-20/h5-13,19,24,29H,14-16H2,1-4H3/t19-,29-/m0/s1. The molecule has 0 bridgehead atoms. The Hall–Kier alpha value is -4.81. The van der Waals surface area contributed by atoms with E-state index < -0.39 is 42.0 Å². The van der Waals surface area contributed by atoms with Crippen LogP contribution in [-0.4, -0.2) is 58.4 Å². The monoisotopic (exact) mass is 639 g/mol. The van der Waals surface area contributed by atoms with E-state index in [0.717, 1.165) is 34.4 Å². The summed E-state index contributed by atoms with van der Waals surface area (Å²) in [4.78, 5) is 29.9. The van der Waals surface area contributed by atoms with E-state index in [1.165, 1.54) is 12.0 Å². The van der Waals surface area contributed by atoms with Crippen LogP contribution >= 0.6 is 0 Å². The van der Waals surface area contributed by atoms with Gasteiger partial charge in [-0.3, -0.25) is 4.90 Å². The molecular weight excluding hydrogens is 609 g/mol. The zero-order valence-electron chi connectivity index (χ0n) is 25.4. The van der Waals surface area contributed by atoms with Crippen LogP contribution in [0.2, 0.25) is 0 Å². The molecule has 240 valence electrons. The number of halogens is 5. The fourth-order valence-electron chi connectivity index (χ4n) is 5.85. The summed E-state index contributed by atoms with van der Waals surface area (Å²) >= 11 is 0. The zero-order valence-corrected chi connectivity index (χ0v) is 25.4. The van der Waals surface area contributed by atoms with E-state index in [-0.39, 0.29) is 37.0 Å². The summed E-state index contributed by atoms with van der Waals surface area (Å²) in [6.45, 7) is 5.66. The highest BCUT2D eigenvalue weighted by Gasteiger charge is 2.42. The van der Waals surface area contributed by atoms with Gasteiger partial charge in [-0.25, -0.2) is 28.5 Å². The molecule has 1 amide bonds. The summed E-state index contributed by atoms with van der Waals surface area (Å²) in [7, 11) is 1.47. The van der Waals surface area contributed by atoms with Crippen molar-refractivity contribution < 1.29 is 36.2 Å². The largest absolute Gasteiger partial charge is 0.481 e. The minimum Gasteiger partial charge on any atom is -0.481 e. The van der Waals surface area contributed by atoms with E-state index in [9.17, 15) is 26.7 Å². The molecule has 0 spiro atoms. The molecule has 0 saturated carbocycles. The number of aromatic nitrogens is 3. The average Bonchev–Trinajstić information content (AvgIpc) is 3.27. The number of benzene rings is 2. The number of hydrogen-bond acceptors (Lipinski definition) is 7. The molecule has 0 aliphatic carbocycles. The van der Waals surface area contributed by atoms with Crippen LogP contribution < -0.4 is 9.64 Å². The van der Waals surface area contributed by atoms with Crippen molar-refractivity contribution in [3.8, 4) is 28.1 Å². The van der Waals surface area contributed by atoms with E-state index in [0.29, 0.717) is 22.9 Å². The fourth-order valence-corrected chi connectivity index (χ4v) is 5.85. The first-order valence-corrected chi connectivity index (χ1v) is 14.5. The molecule has 0 unspecified atom stereocenters. The Bertz CT molecular complexity index is 1810. The number of pyridine rings is 1. The number of nitrogens with zero attached hydrogens (tertiary/aromatic N) is 5. The number of alkyl halides is 4.